The van der Waals surface area contributed by atoms with E-state index in [2.05, 4.69) is 0 Å². The van der Waals surface area contributed by atoms with Crippen molar-refractivity contribution >= 4 is 0 Å². The molecule has 0 amide bonds. The Morgan fingerprint density at radius 2 is 2.15 bits per heavy atom. The maximum atomic E-state index is 13.7. The highest BCUT2D eigenvalue weighted by molar-refractivity contribution is 5.21. The first kappa shape index (κ1) is 15.4. The normalized spacial score (nSPS) is 24.6. The molecule has 0 spiro atoms. The highest BCUT2D eigenvalue weighted by Gasteiger charge is 2.32. The van der Waals surface area contributed by atoms with Gasteiger partial charge in [0.2, 0.25) is 0 Å². The topological polar surface area (TPSA) is 32.7 Å². The molecule has 2 unspecified atom stereocenters. The van der Waals surface area contributed by atoms with Crippen molar-refractivity contribution in [1.82, 2.24) is 4.90 Å². The number of ether oxygens (including phenoxy) is 1. The number of aliphatic hydroxyl groups excluding tert-OH is 1. The summed E-state index contributed by atoms with van der Waals surface area (Å²) in [6.45, 7) is 7.49. The van der Waals surface area contributed by atoms with Crippen molar-refractivity contribution < 1.29 is 18.6 Å². The molecule has 1 aromatic carbocycles. The van der Waals surface area contributed by atoms with Crippen molar-refractivity contribution in [3.8, 4) is 0 Å². The summed E-state index contributed by atoms with van der Waals surface area (Å²) in [6.07, 6.45) is -1.00. The second kappa shape index (κ2) is 5.76. The highest BCUT2D eigenvalue weighted by Crippen LogP contribution is 2.25. The molecular formula is C15H21F2NO2. The molecule has 20 heavy (non-hydrogen) atoms. The summed E-state index contributed by atoms with van der Waals surface area (Å²) < 4.78 is 32.6. The van der Waals surface area contributed by atoms with Gasteiger partial charge in [-0.15, -0.1) is 0 Å². The van der Waals surface area contributed by atoms with E-state index in [1.165, 1.54) is 12.1 Å². The lowest BCUT2D eigenvalue weighted by atomic mass is 10.0. The number of β-amino-alcohol motifs (C(OH)–C–C–N with tert-alkyl or cyclic N) is 1. The van der Waals surface area contributed by atoms with Gasteiger partial charge in [0, 0.05) is 25.2 Å². The van der Waals surface area contributed by atoms with Crippen LogP contribution in [0.4, 0.5) is 8.78 Å². The van der Waals surface area contributed by atoms with E-state index < -0.39 is 17.7 Å². The second-order valence-corrected chi connectivity index (χ2v) is 6.04. The van der Waals surface area contributed by atoms with Crippen molar-refractivity contribution in [2.24, 2.45) is 0 Å². The summed E-state index contributed by atoms with van der Waals surface area (Å²) in [6, 6.07) is 3.87. The third-order valence-corrected chi connectivity index (χ3v) is 3.41. The van der Waals surface area contributed by atoms with Crippen molar-refractivity contribution in [2.75, 3.05) is 19.6 Å². The number of rotatable bonds is 3. The van der Waals surface area contributed by atoms with Crippen LogP contribution in [0.2, 0.25) is 0 Å². The molecule has 0 aliphatic carbocycles. The minimum Gasteiger partial charge on any atom is -0.387 e. The van der Waals surface area contributed by atoms with Crippen molar-refractivity contribution in [3.05, 3.63) is 35.4 Å². The van der Waals surface area contributed by atoms with Gasteiger partial charge in [-0.3, -0.25) is 4.90 Å². The molecule has 2 atom stereocenters. The largest absolute Gasteiger partial charge is 0.387 e. The average molecular weight is 285 g/mol. The quantitative estimate of drug-likeness (QED) is 0.926. The standard InChI is InChI=1S/C15H21F2NO2/c1-10-7-18(9-15(2,3)20-10)8-13(19)11-5-4-6-12(16)14(11)17/h4-6,10,13,19H,7-9H2,1-3H3. The maximum Gasteiger partial charge on any atom is 0.164 e. The Labute approximate surface area is 118 Å². The van der Waals surface area contributed by atoms with Crippen LogP contribution in [0.25, 0.3) is 0 Å². The van der Waals surface area contributed by atoms with Gasteiger partial charge in [0.05, 0.1) is 17.8 Å². The Hall–Kier alpha value is -1.04. The van der Waals surface area contributed by atoms with E-state index >= 15 is 0 Å². The molecule has 1 aliphatic heterocycles. The molecule has 1 fully saturated rings. The number of nitrogens with zero attached hydrogens (tertiary/aromatic N) is 1. The van der Waals surface area contributed by atoms with Gasteiger partial charge in [-0.1, -0.05) is 12.1 Å². The first-order valence-electron chi connectivity index (χ1n) is 6.80. The van der Waals surface area contributed by atoms with Crippen LogP contribution < -0.4 is 0 Å². The highest BCUT2D eigenvalue weighted by atomic mass is 19.2. The third kappa shape index (κ3) is 3.53. The van der Waals surface area contributed by atoms with Crippen LogP contribution in [-0.2, 0) is 4.74 Å². The summed E-state index contributed by atoms with van der Waals surface area (Å²) in [5.41, 5.74) is -0.306. The molecule has 3 nitrogen and oxygen atoms in total. The molecule has 1 aliphatic rings. The molecular weight excluding hydrogens is 264 g/mol. The Bertz CT molecular complexity index is 479. The van der Waals surface area contributed by atoms with Crippen LogP contribution in [-0.4, -0.2) is 41.3 Å². The maximum absolute atomic E-state index is 13.7. The van der Waals surface area contributed by atoms with Crippen LogP contribution in [0.5, 0.6) is 0 Å². The van der Waals surface area contributed by atoms with Gasteiger partial charge >= 0.3 is 0 Å². The Kier molecular flexibility index (Phi) is 4.42. The molecule has 5 heteroatoms. The zero-order valence-electron chi connectivity index (χ0n) is 12.1. The van der Waals surface area contributed by atoms with Gasteiger partial charge in [0.1, 0.15) is 0 Å². The summed E-state index contributed by atoms with van der Waals surface area (Å²) in [5, 5.41) is 10.1. The number of morpholine rings is 1. The Balaban J connectivity index is 2.07. The van der Waals surface area contributed by atoms with Crippen molar-refractivity contribution in [3.63, 3.8) is 0 Å². The molecule has 0 radical (unpaired) electrons. The number of benzene rings is 1. The summed E-state index contributed by atoms with van der Waals surface area (Å²) >= 11 is 0. The van der Waals surface area contributed by atoms with E-state index in [9.17, 15) is 13.9 Å². The fourth-order valence-electron chi connectivity index (χ4n) is 2.85. The van der Waals surface area contributed by atoms with Crippen LogP contribution in [0.3, 0.4) is 0 Å². The van der Waals surface area contributed by atoms with E-state index in [1.807, 2.05) is 25.7 Å². The second-order valence-electron chi connectivity index (χ2n) is 6.04. The summed E-state index contributed by atoms with van der Waals surface area (Å²) in [4.78, 5) is 2.02. The van der Waals surface area contributed by atoms with Gasteiger partial charge in [-0.2, -0.15) is 0 Å². The van der Waals surface area contributed by atoms with E-state index in [0.717, 1.165) is 6.07 Å². The fourth-order valence-corrected chi connectivity index (χ4v) is 2.85. The molecule has 1 saturated heterocycles. The molecule has 0 aromatic heterocycles. The van der Waals surface area contributed by atoms with Gasteiger partial charge in [-0.25, -0.2) is 8.78 Å². The molecule has 2 rings (SSSR count). The predicted molar refractivity (Wildman–Crippen MR) is 72.4 cm³/mol. The molecule has 1 heterocycles. The van der Waals surface area contributed by atoms with Crippen molar-refractivity contribution in [1.29, 1.82) is 0 Å². The third-order valence-electron chi connectivity index (χ3n) is 3.41. The zero-order valence-corrected chi connectivity index (χ0v) is 12.1. The molecule has 1 aromatic rings. The van der Waals surface area contributed by atoms with Gasteiger partial charge in [0.25, 0.3) is 0 Å². The summed E-state index contributed by atoms with van der Waals surface area (Å²) in [7, 11) is 0. The van der Waals surface area contributed by atoms with Crippen LogP contribution in [0.15, 0.2) is 18.2 Å². The smallest absolute Gasteiger partial charge is 0.164 e. The Morgan fingerprint density at radius 1 is 1.45 bits per heavy atom. The number of halogens is 2. The van der Waals surface area contributed by atoms with Gasteiger partial charge in [0.15, 0.2) is 11.6 Å². The molecule has 0 saturated carbocycles. The van der Waals surface area contributed by atoms with Crippen LogP contribution >= 0.6 is 0 Å². The predicted octanol–water partition coefficient (Wildman–Crippen LogP) is 2.50. The first-order valence-corrected chi connectivity index (χ1v) is 6.80. The molecule has 112 valence electrons. The number of aliphatic hydroxyl groups is 1. The van der Waals surface area contributed by atoms with Crippen LogP contribution in [0.1, 0.15) is 32.4 Å². The SMILES string of the molecule is CC1CN(CC(O)c2cccc(F)c2F)CC(C)(C)O1. The zero-order chi connectivity index (χ0) is 14.9. The lowest BCUT2D eigenvalue weighted by Gasteiger charge is -2.42. The van der Waals surface area contributed by atoms with Gasteiger partial charge in [-0.05, 0) is 26.8 Å². The molecule has 1 N–H and O–H groups in total. The number of hydrogen-bond acceptors (Lipinski definition) is 3. The lowest BCUT2D eigenvalue weighted by molar-refractivity contribution is -0.134. The minimum absolute atomic E-state index is 0.00181. The number of hydrogen-bond donors (Lipinski definition) is 1. The lowest BCUT2D eigenvalue weighted by Crippen LogP contribution is -2.52. The van der Waals surface area contributed by atoms with E-state index in [0.29, 0.717) is 13.1 Å². The van der Waals surface area contributed by atoms with Crippen molar-refractivity contribution in [2.45, 2.75) is 38.6 Å². The first-order chi connectivity index (χ1) is 9.28. The molecule has 0 bridgehead atoms. The summed E-state index contributed by atoms with van der Waals surface area (Å²) in [5.74, 6) is -1.90. The Morgan fingerprint density at radius 3 is 2.80 bits per heavy atom. The fraction of sp³-hybridized carbons (Fsp3) is 0.600. The monoisotopic (exact) mass is 285 g/mol. The minimum atomic E-state index is -1.05. The van der Waals surface area contributed by atoms with Gasteiger partial charge < -0.3 is 9.84 Å². The van der Waals surface area contributed by atoms with E-state index in [-0.39, 0.29) is 23.8 Å². The average Bonchev–Trinajstić information content (AvgIpc) is 2.29. The van der Waals surface area contributed by atoms with E-state index in [4.69, 9.17) is 4.74 Å². The van der Waals surface area contributed by atoms with E-state index in [1.54, 1.807) is 0 Å². The van der Waals surface area contributed by atoms with Crippen LogP contribution in [0, 0.1) is 11.6 Å².